The van der Waals surface area contributed by atoms with Crippen molar-refractivity contribution in [1.82, 2.24) is 15.1 Å². The molecule has 3 heterocycles. The zero-order valence-electron chi connectivity index (χ0n) is 18.6. The third kappa shape index (κ3) is 4.02. The molecule has 3 fully saturated rings. The van der Waals surface area contributed by atoms with Gasteiger partial charge in [-0.15, -0.1) is 0 Å². The van der Waals surface area contributed by atoms with Crippen LogP contribution in [0.4, 0.5) is 5.82 Å². The van der Waals surface area contributed by atoms with E-state index in [0.717, 1.165) is 67.2 Å². The molecule has 6 nitrogen and oxygen atoms in total. The first-order valence-electron chi connectivity index (χ1n) is 11.6. The van der Waals surface area contributed by atoms with Gasteiger partial charge in [-0.3, -0.25) is 4.98 Å². The summed E-state index contributed by atoms with van der Waals surface area (Å²) in [6, 6.07) is 5.50. The van der Waals surface area contributed by atoms with Gasteiger partial charge >= 0.3 is 0 Å². The van der Waals surface area contributed by atoms with Gasteiger partial charge in [-0.2, -0.15) is 0 Å². The molecule has 0 atom stereocenters. The van der Waals surface area contributed by atoms with Crippen LogP contribution in [-0.4, -0.2) is 34.3 Å². The van der Waals surface area contributed by atoms with Crippen molar-refractivity contribution < 1.29 is 9.26 Å². The van der Waals surface area contributed by atoms with Gasteiger partial charge in [0.05, 0.1) is 40.8 Å². The Balaban J connectivity index is 1.13. The van der Waals surface area contributed by atoms with E-state index in [1.54, 1.807) is 0 Å². The number of rotatable bonds is 6. The van der Waals surface area contributed by atoms with Gasteiger partial charge in [-0.1, -0.05) is 34.4 Å². The normalized spacial score (nSPS) is 24.5. The van der Waals surface area contributed by atoms with Gasteiger partial charge in [0.15, 0.2) is 0 Å². The highest BCUT2D eigenvalue weighted by molar-refractivity contribution is 6.39. The fourth-order valence-corrected chi connectivity index (χ4v) is 5.86. The van der Waals surface area contributed by atoms with Gasteiger partial charge in [0, 0.05) is 30.1 Å². The molecule has 0 amide bonds. The van der Waals surface area contributed by atoms with Crippen molar-refractivity contribution in [2.24, 2.45) is 5.41 Å². The Morgan fingerprint density at radius 2 is 1.94 bits per heavy atom. The van der Waals surface area contributed by atoms with Crippen molar-refractivity contribution in [3.8, 4) is 11.3 Å². The van der Waals surface area contributed by atoms with Crippen LogP contribution < -0.4 is 4.90 Å². The molecule has 2 saturated carbocycles. The van der Waals surface area contributed by atoms with Crippen molar-refractivity contribution in [2.45, 2.75) is 57.7 Å². The molecular weight excluding hydrogens is 459 g/mol. The maximum absolute atomic E-state index is 6.48. The first-order chi connectivity index (χ1) is 16.0. The molecule has 6 rings (SSSR count). The van der Waals surface area contributed by atoms with Crippen LogP contribution in [0.15, 0.2) is 35.1 Å². The fraction of sp³-hybridized carbons (Fsp3) is 0.480. The summed E-state index contributed by atoms with van der Waals surface area (Å²) < 4.78 is 12.2. The lowest BCUT2D eigenvalue weighted by Crippen LogP contribution is -2.44. The van der Waals surface area contributed by atoms with E-state index in [-0.39, 0.29) is 6.10 Å². The molecule has 33 heavy (non-hydrogen) atoms. The minimum atomic E-state index is 0.241. The van der Waals surface area contributed by atoms with Crippen LogP contribution in [0.3, 0.4) is 0 Å². The summed E-state index contributed by atoms with van der Waals surface area (Å²) in [6.45, 7) is 4.48. The molecule has 172 valence electrons. The zero-order valence-corrected chi connectivity index (χ0v) is 20.1. The van der Waals surface area contributed by atoms with Gasteiger partial charge < -0.3 is 14.2 Å². The predicted octanol–water partition coefficient (Wildman–Crippen LogP) is 6.20. The number of aromatic nitrogens is 3. The first-order valence-corrected chi connectivity index (χ1v) is 12.3. The standard InChI is InChI=1S/C25H26Cl2N4O2/c1-15-11-29-21(12-28-15)31-8-7-25(14-31)9-17(10-25)32-13-18-23(30-33-24(18)16-5-6-16)22-19(26)3-2-4-20(22)27/h2-4,11-12,16-17H,5-10,13-14H2,1H3. The van der Waals surface area contributed by atoms with E-state index >= 15 is 0 Å². The predicted molar refractivity (Wildman–Crippen MR) is 128 cm³/mol. The molecule has 1 aliphatic heterocycles. The van der Waals surface area contributed by atoms with Gasteiger partial charge in [0.1, 0.15) is 17.3 Å². The van der Waals surface area contributed by atoms with E-state index in [4.69, 9.17) is 32.5 Å². The summed E-state index contributed by atoms with van der Waals surface area (Å²) >= 11 is 13.0. The largest absolute Gasteiger partial charge is 0.373 e. The first kappa shape index (κ1) is 21.4. The Morgan fingerprint density at radius 1 is 1.15 bits per heavy atom. The molecule has 1 aromatic carbocycles. The van der Waals surface area contributed by atoms with Crippen molar-refractivity contribution in [3.05, 3.63) is 57.7 Å². The highest BCUT2D eigenvalue weighted by atomic mass is 35.5. The Bertz CT molecular complexity index is 1150. The number of nitrogens with zero attached hydrogens (tertiary/aromatic N) is 4. The number of ether oxygens (including phenoxy) is 1. The zero-order chi connectivity index (χ0) is 22.6. The SMILES string of the molecule is Cc1cnc(N2CCC3(CC(OCc4c(-c5c(Cl)cccc5Cl)noc4C4CC4)C3)C2)cn1. The minimum absolute atomic E-state index is 0.241. The van der Waals surface area contributed by atoms with Crippen LogP contribution in [0.2, 0.25) is 10.0 Å². The molecule has 0 radical (unpaired) electrons. The highest BCUT2D eigenvalue weighted by Crippen LogP contribution is 2.51. The third-order valence-corrected chi connectivity index (χ3v) is 7.91. The number of hydrogen-bond donors (Lipinski definition) is 0. The second-order valence-electron chi connectivity index (χ2n) is 9.77. The molecule has 3 aliphatic rings. The summed E-state index contributed by atoms with van der Waals surface area (Å²) in [7, 11) is 0. The van der Waals surface area contributed by atoms with E-state index in [1.807, 2.05) is 37.5 Å². The molecule has 1 saturated heterocycles. The molecule has 2 aliphatic carbocycles. The lowest BCUT2D eigenvalue weighted by molar-refractivity contribution is -0.0796. The Labute approximate surface area is 203 Å². The maximum atomic E-state index is 6.48. The number of benzene rings is 1. The Kier molecular flexibility index (Phi) is 5.35. The summed E-state index contributed by atoms with van der Waals surface area (Å²) in [5.41, 5.74) is 3.70. The van der Waals surface area contributed by atoms with E-state index < -0.39 is 0 Å². The minimum Gasteiger partial charge on any atom is -0.373 e. The molecule has 1 spiro atoms. The van der Waals surface area contributed by atoms with Crippen LogP contribution in [0.1, 0.15) is 55.0 Å². The summed E-state index contributed by atoms with van der Waals surface area (Å²) in [6.07, 6.45) is 9.52. The smallest absolute Gasteiger partial charge is 0.147 e. The van der Waals surface area contributed by atoms with Crippen LogP contribution in [0, 0.1) is 12.3 Å². The van der Waals surface area contributed by atoms with Crippen LogP contribution >= 0.6 is 23.2 Å². The van der Waals surface area contributed by atoms with Crippen molar-refractivity contribution >= 4 is 29.0 Å². The van der Waals surface area contributed by atoms with E-state index in [2.05, 4.69) is 20.0 Å². The molecule has 3 aromatic rings. The van der Waals surface area contributed by atoms with Crippen LogP contribution in [-0.2, 0) is 11.3 Å². The second kappa shape index (κ2) is 8.26. The summed E-state index contributed by atoms with van der Waals surface area (Å²) in [5.74, 6) is 2.33. The van der Waals surface area contributed by atoms with Gasteiger partial charge in [0.25, 0.3) is 0 Å². The molecule has 0 bridgehead atoms. The number of aryl methyl sites for hydroxylation is 1. The number of anilines is 1. The van der Waals surface area contributed by atoms with Crippen LogP contribution in [0.5, 0.6) is 0 Å². The Hall–Kier alpha value is -2.15. The van der Waals surface area contributed by atoms with E-state index in [1.165, 1.54) is 6.42 Å². The summed E-state index contributed by atoms with van der Waals surface area (Å²) in [4.78, 5) is 11.3. The topological polar surface area (TPSA) is 64.3 Å². The van der Waals surface area contributed by atoms with Crippen LogP contribution in [0.25, 0.3) is 11.3 Å². The van der Waals surface area contributed by atoms with Gasteiger partial charge in [0.2, 0.25) is 0 Å². The maximum Gasteiger partial charge on any atom is 0.147 e. The lowest BCUT2D eigenvalue weighted by atomic mass is 9.66. The lowest BCUT2D eigenvalue weighted by Gasteiger charge is -2.44. The van der Waals surface area contributed by atoms with E-state index in [0.29, 0.717) is 33.7 Å². The summed E-state index contributed by atoms with van der Waals surface area (Å²) in [5, 5.41) is 5.52. The fourth-order valence-electron chi connectivity index (χ4n) is 5.29. The Morgan fingerprint density at radius 3 is 2.64 bits per heavy atom. The highest BCUT2D eigenvalue weighted by Gasteiger charge is 2.49. The second-order valence-corrected chi connectivity index (χ2v) is 10.6. The average Bonchev–Trinajstić information content (AvgIpc) is 3.38. The van der Waals surface area contributed by atoms with Gasteiger partial charge in [-0.05, 0) is 56.6 Å². The van der Waals surface area contributed by atoms with Crippen molar-refractivity contribution in [1.29, 1.82) is 0 Å². The molecule has 0 unspecified atom stereocenters. The quantitative estimate of drug-likeness (QED) is 0.414. The third-order valence-electron chi connectivity index (χ3n) is 7.28. The number of hydrogen-bond acceptors (Lipinski definition) is 6. The van der Waals surface area contributed by atoms with Crippen molar-refractivity contribution in [3.63, 3.8) is 0 Å². The molecule has 0 N–H and O–H groups in total. The monoisotopic (exact) mass is 484 g/mol. The number of halogens is 2. The van der Waals surface area contributed by atoms with Gasteiger partial charge in [-0.25, -0.2) is 4.98 Å². The molecule has 2 aromatic heterocycles. The molecule has 8 heteroatoms. The van der Waals surface area contributed by atoms with E-state index in [9.17, 15) is 0 Å². The average molecular weight is 485 g/mol. The molecular formula is C25H26Cl2N4O2. The van der Waals surface area contributed by atoms with Crippen molar-refractivity contribution in [2.75, 3.05) is 18.0 Å².